The van der Waals surface area contributed by atoms with Crippen LogP contribution in [0.25, 0.3) is 0 Å². The quantitative estimate of drug-likeness (QED) is 0.217. The lowest BCUT2D eigenvalue weighted by Gasteiger charge is -2.04. The molecule has 0 fully saturated rings. The molecule has 0 bridgehead atoms. The lowest BCUT2D eigenvalue weighted by Crippen LogP contribution is -2.33. The molecule has 0 radical (unpaired) electrons. The number of nitrogens with two attached hydrogens (primary N) is 3. The minimum absolute atomic E-state index is 0. The van der Waals surface area contributed by atoms with Gasteiger partial charge in [-0.1, -0.05) is 6.07 Å². The Hall–Kier alpha value is -2.06. The number of nitrogens with zero attached hydrogens (tertiary/aromatic N) is 3. The summed E-state index contributed by atoms with van der Waals surface area (Å²) < 4.78 is 0. The predicted octanol–water partition coefficient (Wildman–Crippen LogP) is -0.657. The first-order valence-corrected chi connectivity index (χ1v) is 4.28. The highest BCUT2D eigenvalue weighted by atomic mass is 35.5. The molecule has 0 saturated heterocycles. The van der Waals surface area contributed by atoms with Crippen molar-refractivity contribution in [1.29, 1.82) is 5.41 Å². The minimum Gasteiger partial charge on any atom is -0.382 e. The molecule has 0 spiro atoms. The summed E-state index contributed by atoms with van der Waals surface area (Å²) >= 11 is 0. The molecule has 1 aromatic heterocycles. The lowest BCUT2D eigenvalue weighted by atomic mass is 10.2. The fourth-order valence-corrected chi connectivity index (χ4v) is 0.900. The number of guanidine groups is 1. The van der Waals surface area contributed by atoms with Crippen LogP contribution in [0.3, 0.4) is 0 Å². The van der Waals surface area contributed by atoms with Gasteiger partial charge in [-0.3, -0.25) is 10.4 Å². The molecule has 18 heavy (non-hydrogen) atoms. The van der Waals surface area contributed by atoms with Crippen molar-refractivity contribution in [1.82, 2.24) is 10.4 Å². The van der Waals surface area contributed by atoms with Crippen LogP contribution in [0.1, 0.15) is 5.69 Å². The molecule has 1 aromatic rings. The van der Waals surface area contributed by atoms with Gasteiger partial charge in [0.15, 0.2) is 5.71 Å². The maximum Gasteiger partial charge on any atom is 0.231 e. The second kappa shape index (κ2) is 9.02. The third-order valence-electron chi connectivity index (χ3n) is 1.58. The van der Waals surface area contributed by atoms with Crippen molar-refractivity contribution in [2.45, 2.75) is 0 Å². The second-order valence-corrected chi connectivity index (χ2v) is 2.72. The van der Waals surface area contributed by atoms with Crippen LogP contribution in [0.2, 0.25) is 0 Å². The Morgan fingerprint density at radius 2 is 1.94 bits per heavy atom. The standard InChI is InChI=1S/C8H12N8.2ClH/c9-7(10)6(15-16-8(11)14-12)5-3-1-2-4-13-5;;/h1-4H,12H2,(H3,9,10)(H3,11,14,16);2*1H/b15-6-;;. The third kappa shape index (κ3) is 5.32. The van der Waals surface area contributed by atoms with E-state index in [4.69, 9.17) is 22.7 Å². The van der Waals surface area contributed by atoms with Gasteiger partial charge < -0.3 is 17.3 Å². The molecule has 1 heterocycles. The van der Waals surface area contributed by atoms with E-state index in [0.717, 1.165) is 0 Å². The van der Waals surface area contributed by atoms with Crippen LogP contribution in [-0.4, -0.2) is 22.5 Å². The number of aromatic nitrogens is 1. The molecule has 0 aromatic carbocycles. The Balaban J connectivity index is 0. The van der Waals surface area contributed by atoms with Gasteiger partial charge in [-0.25, -0.2) is 5.43 Å². The first-order valence-electron chi connectivity index (χ1n) is 4.28. The summed E-state index contributed by atoms with van der Waals surface area (Å²) in [5, 5.41) is 14.3. The molecule has 0 unspecified atom stereocenters. The van der Waals surface area contributed by atoms with E-state index in [1.54, 1.807) is 24.4 Å². The largest absolute Gasteiger partial charge is 0.382 e. The number of nitrogens with one attached hydrogen (secondary N) is 2. The van der Waals surface area contributed by atoms with Gasteiger partial charge in [0.25, 0.3) is 0 Å². The molecule has 0 atom stereocenters. The molecule has 0 aliphatic heterocycles. The van der Waals surface area contributed by atoms with Gasteiger partial charge >= 0.3 is 0 Å². The predicted molar refractivity (Wildman–Crippen MR) is 76.1 cm³/mol. The zero-order chi connectivity index (χ0) is 12.0. The Morgan fingerprint density at radius 1 is 1.28 bits per heavy atom. The smallest absolute Gasteiger partial charge is 0.231 e. The van der Waals surface area contributed by atoms with E-state index >= 15 is 0 Å². The van der Waals surface area contributed by atoms with Gasteiger partial charge in [0, 0.05) is 6.20 Å². The average Bonchev–Trinajstić information content (AvgIpc) is 2.30. The number of halogens is 2. The van der Waals surface area contributed by atoms with Gasteiger partial charge in [0.05, 0.1) is 5.69 Å². The average molecular weight is 293 g/mol. The molecule has 1 rings (SSSR count). The van der Waals surface area contributed by atoms with E-state index in [9.17, 15) is 0 Å². The third-order valence-corrected chi connectivity index (χ3v) is 1.58. The van der Waals surface area contributed by atoms with Crippen LogP contribution in [0.5, 0.6) is 0 Å². The Morgan fingerprint density at radius 3 is 2.39 bits per heavy atom. The second-order valence-electron chi connectivity index (χ2n) is 2.72. The van der Waals surface area contributed by atoms with Crippen molar-refractivity contribution in [3.8, 4) is 0 Å². The number of hydrogen-bond acceptors (Lipinski definition) is 5. The van der Waals surface area contributed by atoms with Crippen molar-refractivity contribution >= 4 is 42.3 Å². The summed E-state index contributed by atoms with van der Waals surface area (Å²) in [6.45, 7) is 0. The fourth-order valence-electron chi connectivity index (χ4n) is 0.900. The van der Waals surface area contributed by atoms with Gasteiger partial charge in [-0.2, -0.15) is 5.10 Å². The zero-order valence-electron chi connectivity index (χ0n) is 9.20. The van der Waals surface area contributed by atoms with Crippen LogP contribution >= 0.6 is 24.8 Å². The first kappa shape index (κ1) is 18.3. The number of hydrogen-bond donors (Lipinski definition) is 5. The maximum absolute atomic E-state index is 7.35. The molecule has 100 valence electrons. The summed E-state index contributed by atoms with van der Waals surface area (Å²) in [6, 6.07) is 5.16. The molecule has 0 aliphatic carbocycles. The number of amidine groups is 1. The monoisotopic (exact) mass is 292 g/mol. The van der Waals surface area contributed by atoms with E-state index in [2.05, 4.69) is 20.6 Å². The molecular weight excluding hydrogens is 279 g/mol. The van der Waals surface area contributed by atoms with E-state index in [0.29, 0.717) is 5.69 Å². The molecule has 8 nitrogen and oxygen atoms in total. The van der Waals surface area contributed by atoms with E-state index in [1.165, 1.54) is 0 Å². The summed E-state index contributed by atoms with van der Waals surface area (Å²) in [6.07, 6.45) is 1.56. The van der Waals surface area contributed by atoms with E-state index in [-0.39, 0.29) is 42.3 Å². The highest BCUT2D eigenvalue weighted by molar-refractivity contribution is 6.45. The summed E-state index contributed by atoms with van der Waals surface area (Å²) in [7, 11) is 0. The Kier molecular flexibility index (Phi) is 9.18. The van der Waals surface area contributed by atoms with Crippen LogP contribution in [0.4, 0.5) is 0 Å². The summed E-state index contributed by atoms with van der Waals surface area (Å²) in [5.41, 5.74) is 13.6. The lowest BCUT2D eigenvalue weighted by molar-refractivity contribution is 0.985. The minimum atomic E-state index is -0.240. The van der Waals surface area contributed by atoms with Gasteiger partial charge in [0.2, 0.25) is 5.96 Å². The number of hydrazone groups is 2. The van der Waals surface area contributed by atoms with Crippen LogP contribution < -0.4 is 22.7 Å². The topological polar surface area (TPSA) is 152 Å². The SMILES string of the molecule is Cl.Cl.N=C(N)/C(=N\N/C(N)=N/N)c1ccccn1. The first-order chi connectivity index (χ1) is 7.65. The highest BCUT2D eigenvalue weighted by Gasteiger charge is 2.08. The molecular formula is C8H14Cl2N8. The van der Waals surface area contributed by atoms with Crippen LogP contribution in [0, 0.1) is 5.41 Å². The van der Waals surface area contributed by atoms with Crippen LogP contribution in [0.15, 0.2) is 34.6 Å². The molecule has 8 N–H and O–H groups in total. The molecule has 10 heteroatoms. The Bertz CT molecular complexity index is 430. The number of rotatable bonds is 3. The van der Waals surface area contributed by atoms with E-state index < -0.39 is 0 Å². The fraction of sp³-hybridized carbons (Fsp3) is 0. The molecule has 0 aliphatic rings. The van der Waals surface area contributed by atoms with Crippen molar-refractivity contribution in [3.05, 3.63) is 30.1 Å². The van der Waals surface area contributed by atoms with Gasteiger partial charge in [-0.15, -0.1) is 29.9 Å². The molecule has 0 amide bonds. The Labute approximate surface area is 116 Å². The van der Waals surface area contributed by atoms with Crippen LogP contribution in [-0.2, 0) is 0 Å². The van der Waals surface area contributed by atoms with Gasteiger partial charge in [0.1, 0.15) is 5.84 Å². The normalized spacial score (nSPS) is 10.9. The summed E-state index contributed by atoms with van der Waals surface area (Å²) in [4.78, 5) is 4.00. The highest BCUT2D eigenvalue weighted by Crippen LogP contribution is 1.95. The summed E-state index contributed by atoms with van der Waals surface area (Å²) in [5.74, 6) is 4.58. The number of pyridine rings is 1. The maximum atomic E-state index is 7.35. The van der Waals surface area contributed by atoms with Crippen molar-refractivity contribution in [2.24, 2.45) is 27.5 Å². The molecule has 0 saturated carbocycles. The van der Waals surface area contributed by atoms with Gasteiger partial charge in [-0.05, 0) is 12.1 Å². The van der Waals surface area contributed by atoms with Crippen molar-refractivity contribution in [2.75, 3.05) is 0 Å². The zero-order valence-corrected chi connectivity index (χ0v) is 10.8. The van der Waals surface area contributed by atoms with E-state index in [1.807, 2.05) is 0 Å². The van der Waals surface area contributed by atoms with Crippen molar-refractivity contribution < 1.29 is 0 Å². The van der Waals surface area contributed by atoms with Crippen molar-refractivity contribution in [3.63, 3.8) is 0 Å².